The predicted octanol–water partition coefficient (Wildman–Crippen LogP) is 1.32. The number of anilines is 1. The van der Waals surface area contributed by atoms with E-state index in [1.165, 1.54) is 38.1 Å². The number of carbonyl (C=O) groups is 1. The van der Waals surface area contributed by atoms with Crippen LogP contribution in [0.4, 0.5) is 5.82 Å². The molecule has 5 heteroatoms. The average molecular weight is 234 g/mol. The van der Waals surface area contributed by atoms with E-state index in [9.17, 15) is 4.79 Å². The van der Waals surface area contributed by atoms with E-state index in [2.05, 4.69) is 9.97 Å². The summed E-state index contributed by atoms with van der Waals surface area (Å²) in [6.45, 7) is 0.810. The molecular formula is C12H18N4O. The molecular weight excluding hydrogens is 216 g/mol. The number of nitrogen functional groups attached to an aromatic ring is 1. The minimum Gasteiger partial charge on any atom is -0.382 e. The van der Waals surface area contributed by atoms with Gasteiger partial charge in [0.1, 0.15) is 11.5 Å². The van der Waals surface area contributed by atoms with Gasteiger partial charge in [0, 0.05) is 13.6 Å². The van der Waals surface area contributed by atoms with Crippen molar-refractivity contribution in [1.82, 2.24) is 14.9 Å². The minimum atomic E-state index is -0.0793. The zero-order valence-electron chi connectivity index (χ0n) is 10.1. The normalized spacial score (nSPS) is 16.1. The van der Waals surface area contributed by atoms with Crippen LogP contribution < -0.4 is 5.73 Å². The van der Waals surface area contributed by atoms with Crippen LogP contribution in [0.5, 0.6) is 0 Å². The van der Waals surface area contributed by atoms with Gasteiger partial charge in [0.05, 0.1) is 12.4 Å². The molecule has 1 heterocycles. The lowest BCUT2D eigenvalue weighted by Gasteiger charge is -2.20. The first-order valence-electron chi connectivity index (χ1n) is 6.00. The second-order valence-corrected chi connectivity index (χ2v) is 4.66. The Labute approximate surface area is 101 Å². The Morgan fingerprint density at radius 2 is 2.12 bits per heavy atom. The molecule has 0 unspecified atom stereocenters. The smallest absolute Gasteiger partial charge is 0.273 e. The van der Waals surface area contributed by atoms with E-state index < -0.39 is 0 Å². The lowest BCUT2D eigenvalue weighted by molar-refractivity contribution is 0.0767. The summed E-state index contributed by atoms with van der Waals surface area (Å²) in [5.74, 6) is 0.898. The minimum absolute atomic E-state index is 0.0793. The summed E-state index contributed by atoms with van der Waals surface area (Å²) < 4.78 is 0. The van der Waals surface area contributed by atoms with Crippen LogP contribution in [0.15, 0.2) is 12.4 Å². The van der Waals surface area contributed by atoms with E-state index in [0.717, 1.165) is 6.54 Å². The summed E-state index contributed by atoms with van der Waals surface area (Å²) in [5.41, 5.74) is 5.80. The Kier molecular flexibility index (Phi) is 3.56. The number of nitrogens with zero attached hydrogens (tertiary/aromatic N) is 3. The molecule has 2 N–H and O–H groups in total. The molecule has 0 saturated heterocycles. The summed E-state index contributed by atoms with van der Waals surface area (Å²) in [6.07, 6.45) is 7.87. The summed E-state index contributed by atoms with van der Waals surface area (Å²) >= 11 is 0. The van der Waals surface area contributed by atoms with E-state index in [1.54, 1.807) is 4.90 Å². The van der Waals surface area contributed by atoms with Crippen LogP contribution in [0.25, 0.3) is 0 Å². The standard InChI is InChI=1S/C12H18N4O/c1-16(8-9-4-2-3-5-9)12(17)10-6-15-11(13)7-14-10/h6-7,9H,2-5,8H2,1H3,(H2,13,15). The number of nitrogens with two attached hydrogens (primary N) is 1. The van der Waals surface area contributed by atoms with Gasteiger partial charge < -0.3 is 10.6 Å². The van der Waals surface area contributed by atoms with Gasteiger partial charge in [-0.3, -0.25) is 4.79 Å². The van der Waals surface area contributed by atoms with Gasteiger partial charge >= 0.3 is 0 Å². The maximum absolute atomic E-state index is 12.0. The predicted molar refractivity (Wildman–Crippen MR) is 65.4 cm³/mol. The molecule has 1 aromatic rings. The fraction of sp³-hybridized carbons (Fsp3) is 0.583. The first kappa shape index (κ1) is 11.8. The highest BCUT2D eigenvalue weighted by molar-refractivity contribution is 5.91. The quantitative estimate of drug-likeness (QED) is 0.856. The molecule has 17 heavy (non-hydrogen) atoms. The Morgan fingerprint density at radius 1 is 1.41 bits per heavy atom. The highest BCUT2D eigenvalue weighted by Gasteiger charge is 2.20. The molecule has 92 valence electrons. The molecule has 1 fully saturated rings. The maximum Gasteiger partial charge on any atom is 0.273 e. The van der Waals surface area contributed by atoms with Crippen LogP contribution in [0.2, 0.25) is 0 Å². The van der Waals surface area contributed by atoms with Gasteiger partial charge in [-0.2, -0.15) is 0 Å². The van der Waals surface area contributed by atoms with E-state index in [4.69, 9.17) is 5.73 Å². The molecule has 0 atom stereocenters. The molecule has 0 bridgehead atoms. The topological polar surface area (TPSA) is 72.1 Å². The van der Waals surface area contributed by atoms with Gasteiger partial charge in [-0.15, -0.1) is 0 Å². The molecule has 2 rings (SSSR count). The Morgan fingerprint density at radius 3 is 2.71 bits per heavy atom. The van der Waals surface area contributed by atoms with Crippen molar-refractivity contribution in [2.45, 2.75) is 25.7 Å². The molecule has 1 saturated carbocycles. The molecule has 1 aliphatic carbocycles. The number of hydrogen-bond acceptors (Lipinski definition) is 4. The average Bonchev–Trinajstić information content (AvgIpc) is 2.82. The summed E-state index contributed by atoms with van der Waals surface area (Å²) in [5, 5.41) is 0. The number of amides is 1. The molecule has 0 spiro atoms. The van der Waals surface area contributed by atoms with Crippen molar-refractivity contribution >= 4 is 11.7 Å². The number of rotatable bonds is 3. The van der Waals surface area contributed by atoms with Crippen LogP contribution in [0.3, 0.4) is 0 Å². The van der Waals surface area contributed by atoms with Crippen LogP contribution in [0.1, 0.15) is 36.2 Å². The Hall–Kier alpha value is -1.65. The monoisotopic (exact) mass is 234 g/mol. The second-order valence-electron chi connectivity index (χ2n) is 4.66. The van der Waals surface area contributed by atoms with Gasteiger partial charge in [0.2, 0.25) is 0 Å². The summed E-state index contributed by atoms with van der Waals surface area (Å²) in [6, 6.07) is 0. The van der Waals surface area contributed by atoms with Gasteiger partial charge in [-0.25, -0.2) is 9.97 Å². The number of aromatic nitrogens is 2. The molecule has 1 amide bonds. The molecule has 1 aliphatic rings. The third kappa shape index (κ3) is 2.93. The van der Waals surface area contributed by atoms with Gasteiger partial charge in [0.15, 0.2) is 0 Å². The fourth-order valence-corrected chi connectivity index (χ4v) is 2.31. The highest BCUT2D eigenvalue weighted by atomic mass is 16.2. The Bertz CT molecular complexity index is 384. The Balaban J connectivity index is 1.96. The van der Waals surface area contributed by atoms with Crippen LogP contribution in [-0.2, 0) is 0 Å². The number of carbonyl (C=O) groups excluding carboxylic acids is 1. The SMILES string of the molecule is CN(CC1CCCC1)C(=O)c1cnc(N)cn1. The van der Waals surface area contributed by atoms with E-state index in [0.29, 0.717) is 17.4 Å². The molecule has 0 aliphatic heterocycles. The summed E-state index contributed by atoms with van der Waals surface area (Å²) in [7, 11) is 1.82. The first-order chi connectivity index (χ1) is 8.16. The molecule has 0 aromatic carbocycles. The van der Waals surface area contributed by atoms with Crippen LogP contribution in [0, 0.1) is 5.92 Å². The molecule has 1 aromatic heterocycles. The van der Waals surface area contributed by atoms with Gasteiger partial charge in [0.25, 0.3) is 5.91 Å². The van der Waals surface area contributed by atoms with Crippen molar-refractivity contribution in [3.8, 4) is 0 Å². The summed E-state index contributed by atoms with van der Waals surface area (Å²) in [4.78, 5) is 21.6. The van der Waals surface area contributed by atoms with E-state index in [1.807, 2.05) is 7.05 Å². The van der Waals surface area contributed by atoms with Crippen molar-refractivity contribution in [1.29, 1.82) is 0 Å². The fourth-order valence-electron chi connectivity index (χ4n) is 2.31. The van der Waals surface area contributed by atoms with Gasteiger partial charge in [-0.1, -0.05) is 12.8 Å². The molecule has 0 radical (unpaired) electrons. The first-order valence-corrected chi connectivity index (χ1v) is 6.00. The van der Waals surface area contributed by atoms with Crippen molar-refractivity contribution < 1.29 is 4.79 Å². The van der Waals surface area contributed by atoms with Gasteiger partial charge in [-0.05, 0) is 18.8 Å². The van der Waals surface area contributed by atoms with Crippen molar-refractivity contribution in [3.05, 3.63) is 18.1 Å². The van der Waals surface area contributed by atoms with Crippen LogP contribution >= 0.6 is 0 Å². The van der Waals surface area contributed by atoms with E-state index in [-0.39, 0.29) is 5.91 Å². The largest absolute Gasteiger partial charge is 0.382 e. The van der Waals surface area contributed by atoms with E-state index >= 15 is 0 Å². The third-order valence-electron chi connectivity index (χ3n) is 3.24. The zero-order chi connectivity index (χ0) is 12.3. The lowest BCUT2D eigenvalue weighted by atomic mass is 10.1. The van der Waals surface area contributed by atoms with Crippen molar-refractivity contribution in [2.24, 2.45) is 5.92 Å². The molecule has 5 nitrogen and oxygen atoms in total. The zero-order valence-corrected chi connectivity index (χ0v) is 10.1. The lowest BCUT2D eigenvalue weighted by Crippen LogP contribution is -2.31. The van der Waals surface area contributed by atoms with Crippen LogP contribution in [-0.4, -0.2) is 34.4 Å². The third-order valence-corrected chi connectivity index (χ3v) is 3.24. The maximum atomic E-state index is 12.0. The number of hydrogen-bond donors (Lipinski definition) is 1. The second kappa shape index (κ2) is 5.12. The van der Waals surface area contributed by atoms with Crippen molar-refractivity contribution in [3.63, 3.8) is 0 Å². The highest BCUT2D eigenvalue weighted by Crippen LogP contribution is 2.25. The van der Waals surface area contributed by atoms with Crippen molar-refractivity contribution in [2.75, 3.05) is 19.3 Å².